The Morgan fingerprint density at radius 3 is 2.34 bits per heavy atom. The van der Waals surface area contributed by atoms with E-state index in [9.17, 15) is 37.1 Å². The summed E-state index contributed by atoms with van der Waals surface area (Å²) in [5, 5.41) is 4.74. The van der Waals surface area contributed by atoms with Crippen molar-refractivity contribution in [2.75, 3.05) is 27.7 Å². The average Bonchev–Trinajstić information content (AvgIpc) is 3.59. The molecule has 0 saturated carbocycles. The van der Waals surface area contributed by atoms with Gasteiger partial charge in [0.1, 0.15) is 10.7 Å². The summed E-state index contributed by atoms with van der Waals surface area (Å²) in [4.78, 5) is 72.6. The fraction of sp³-hybridized carbons (Fsp3) is 0.632. The van der Waals surface area contributed by atoms with E-state index in [-0.39, 0.29) is 28.8 Å². The Hall–Kier alpha value is -3.85. The monoisotopic (exact) mass is 766 g/mol. The molecule has 3 rings (SSSR count). The lowest BCUT2D eigenvalue weighted by atomic mass is 9.88. The highest BCUT2D eigenvalue weighted by molar-refractivity contribution is 7.09. The Labute approximate surface area is 314 Å². The molecule has 1 aromatic heterocycles. The van der Waals surface area contributed by atoms with Crippen molar-refractivity contribution in [1.29, 1.82) is 0 Å². The molecule has 0 bridgehead atoms. The number of carbonyl (C=O) groups excluding carboxylic acids is 5. The Bertz CT molecular complexity index is 1540. The first-order chi connectivity index (χ1) is 24.9. The lowest BCUT2D eigenvalue weighted by Crippen LogP contribution is -2.47. The first-order valence-electron chi connectivity index (χ1n) is 18.0. The number of rotatable bonds is 18. The largest absolute Gasteiger partial charge is 0.469 e. The van der Waals surface area contributed by atoms with Crippen LogP contribution in [-0.4, -0.2) is 96.4 Å². The minimum atomic E-state index is -4.68. The number of thiazole rings is 1. The Kier molecular flexibility index (Phi) is 16.4. The minimum absolute atomic E-state index is 0.0145. The number of ether oxygens (including phenoxy) is 2. The number of piperidine rings is 1. The summed E-state index contributed by atoms with van der Waals surface area (Å²) in [5.41, 5.74) is 0.998. The van der Waals surface area contributed by atoms with Gasteiger partial charge in [0.25, 0.3) is 5.91 Å². The summed E-state index contributed by atoms with van der Waals surface area (Å²) >= 11 is 1.07. The van der Waals surface area contributed by atoms with Gasteiger partial charge in [-0.25, -0.2) is 4.98 Å². The van der Waals surface area contributed by atoms with Crippen molar-refractivity contribution in [3.63, 3.8) is 0 Å². The average molecular weight is 767 g/mol. The predicted octanol–water partition coefficient (Wildman–Crippen LogP) is 6.17. The number of carbonyl (C=O) groups is 5. The predicted molar refractivity (Wildman–Crippen MR) is 194 cm³/mol. The van der Waals surface area contributed by atoms with E-state index in [1.165, 1.54) is 31.4 Å². The van der Waals surface area contributed by atoms with Gasteiger partial charge in [0.05, 0.1) is 31.4 Å². The molecule has 0 aliphatic carbocycles. The van der Waals surface area contributed by atoms with Crippen LogP contribution in [0.1, 0.15) is 99.8 Å². The second-order valence-electron chi connectivity index (χ2n) is 14.4. The van der Waals surface area contributed by atoms with Crippen LogP contribution in [0.3, 0.4) is 0 Å². The standard InChI is InChI=1S/C38H53F3N4O7S/c1-23(2)31(45(6)36(49)27(21-38(39,40)41)19-32(47)30-15-11-12-16-44(30)5)20-33(52-25(4)46)35-43-29(22-53-35)34(48)42-28(17-24(3)37(50)51-7)18-26-13-9-8-10-14-26/h8-10,13-14,22-24,27-28,30-31,33H,11-12,15-21H2,1-7H3,(H,42,48)/t24-,27-,28+,30+,31+,33+/m0/s1. The molecule has 294 valence electrons. The van der Waals surface area contributed by atoms with Gasteiger partial charge in [-0.2, -0.15) is 13.2 Å². The van der Waals surface area contributed by atoms with Crippen molar-refractivity contribution in [1.82, 2.24) is 20.1 Å². The molecule has 15 heteroatoms. The van der Waals surface area contributed by atoms with Crippen LogP contribution >= 0.6 is 11.3 Å². The summed E-state index contributed by atoms with van der Waals surface area (Å²) in [5.74, 6) is -5.19. The topological polar surface area (TPSA) is 135 Å². The number of amides is 2. The molecule has 6 atom stereocenters. The molecule has 1 saturated heterocycles. The molecule has 0 radical (unpaired) electrons. The van der Waals surface area contributed by atoms with Gasteiger partial charge in [-0.3, -0.25) is 28.9 Å². The van der Waals surface area contributed by atoms with E-state index in [1.807, 2.05) is 35.2 Å². The molecule has 53 heavy (non-hydrogen) atoms. The smallest absolute Gasteiger partial charge is 0.389 e. The number of halogens is 3. The van der Waals surface area contributed by atoms with Crippen molar-refractivity contribution < 1.29 is 46.6 Å². The number of ketones is 1. The Morgan fingerprint density at radius 1 is 1.08 bits per heavy atom. The van der Waals surface area contributed by atoms with Gasteiger partial charge in [0.2, 0.25) is 5.91 Å². The van der Waals surface area contributed by atoms with E-state index in [4.69, 9.17) is 9.47 Å². The number of nitrogens with one attached hydrogen (secondary N) is 1. The van der Waals surface area contributed by atoms with E-state index in [2.05, 4.69) is 10.3 Å². The van der Waals surface area contributed by atoms with Crippen molar-refractivity contribution in [2.24, 2.45) is 17.8 Å². The first-order valence-corrected chi connectivity index (χ1v) is 18.9. The van der Waals surface area contributed by atoms with E-state index in [0.29, 0.717) is 25.8 Å². The molecule has 1 aliphatic rings. The molecule has 0 spiro atoms. The maximum Gasteiger partial charge on any atom is 0.389 e. The summed E-state index contributed by atoms with van der Waals surface area (Å²) in [6.07, 6.45) is -4.74. The molecule has 2 amide bonds. The second-order valence-corrected chi connectivity index (χ2v) is 15.3. The zero-order valence-electron chi connectivity index (χ0n) is 31.6. The normalized spacial score (nSPS) is 18.0. The highest BCUT2D eigenvalue weighted by Gasteiger charge is 2.41. The Balaban J connectivity index is 1.83. The zero-order valence-corrected chi connectivity index (χ0v) is 32.4. The fourth-order valence-electron chi connectivity index (χ4n) is 6.95. The second kappa shape index (κ2) is 20.0. The van der Waals surface area contributed by atoms with Gasteiger partial charge in [0, 0.05) is 44.3 Å². The van der Waals surface area contributed by atoms with Crippen molar-refractivity contribution in [3.05, 3.63) is 52.0 Å². The number of aromatic nitrogens is 1. The SMILES string of the molecule is COC(=O)[C@@H](C)C[C@H](Cc1ccccc1)NC(=O)c1csc([C@@H](C[C@H](C(C)C)N(C)C(=O)[C@@H](CC(=O)[C@H]2CCCCN2C)CC(F)(F)F)OC(C)=O)n1. The van der Waals surface area contributed by atoms with Gasteiger partial charge < -0.3 is 19.7 Å². The maximum atomic E-state index is 13.8. The van der Waals surface area contributed by atoms with Gasteiger partial charge in [0.15, 0.2) is 11.9 Å². The zero-order chi connectivity index (χ0) is 39.5. The molecule has 0 unspecified atom stereocenters. The highest BCUT2D eigenvalue weighted by atomic mass is 32.1. The van der Waals surface area contributed by atoms with Crippen LogP contribution in [0, 0.1) is 17.8 Å². The van der Waals surface area contributed by atoms with Crippen LogP contribution in [0.25, 0.3) is 0 Å². The lowest BCUT2D eigenvalue weighted by molar-refractivity contribution is -0.163. The van der Waals surface area contributed by atoms with E-state index in [0.717, 1.165) is 29.7 Å². The summed E-state index contributed by atoms with van der Waals surface area (Å²) in [7, 11) is 4.47. The number of nitrogens with zero attached hydrogens (tertiary/aromatic N) is 3. The number of hydrogen-bond donors (Lipinski definition) is 1. The van der Waals surface area contributed by atoms with E-state index in [1.54, 1.807) is 27.8 Å². The summed E-state index contributed by atoms with van der Waals surface area (Å²) in [6, 6.07) is 7.76. The van der Waals surface area contributed by atoms with Gasteiger partial charge in [-0.15, -0.1) is 11.3 Å². The van der Waals surface area contributed by atoms with Crippen LogP contribution in [0.15, 0.2) is 35.7 Å². The molecule has 1 aromatic carbocycles. The van der Waals surface area contributed by atoms with Crippen molar-refractivity contribution in [2.45, 2.75) is 109 Å². The molecule has 2 aromatic rings. The van der Waals surface area contributed by atoms with Crippen LogP contribution in [0.4, 0.5) is 13.2 Å². The van der Waals surface area contributed by atoms with Crippen molar-refractivity contribution >= 4 is 40.9 Å². The fourth-order valence-corrected chi connectivity index (χ4v) is 7.79. The summed E-state index contributed by atoms with van der Waals surface area (Å²) < 4.78 is 51.9. The number of esters is 2. The minimum Gasteiger partial charge on any atom is -0.469 e. The molecule has 1 aliphatic heterocycles. The van der Waals surface area contributed by atoms with Crippen LogP contribution in [0.2, 0.25) is 0 Å². The van der Waals surface area contributed by atoms with Gasteiger partial charge >= 0.3 is 18.1 Å². The number of Topliss-reactive ketones (excluding diaryl/α,β-unsaturated/α-hetero) is 1. The molecule has 1 fully saturated rings. The quantitative estimate of drug-likeness (QED) is 0.177. The maximum absolute atomic E-state index is 13.8. The third-order valence-corrected chi connectivity index (χ3v) is 10.7. The van der Waals surface area contributed by atoms with Crippen LogP contribution in [-0.2, 0) is 35.1 Å². The molecular weight excluding hydrogens is 714 g/mol. The molecular formula is C38H53F3N4O7S. The van der Waals surface area contributed by atoms with Gasteiger partial charge in [-0.05, 0) is 50.8 Å². The molecule has 1 N–H and O–H groups in total. The van der Waals surface area contributed by atoms with Gasteiger partial charge in [-0.1, -0.05) is 57.5 Å². The Morgan fingerprint density at radius 2 is 1.75 bits per heavy atom. The number of likely N-dealkylation sites (N-methyl/N-ethyl adjacent to an activating group) is 1. The number of hydrogen-bond acceptors (Lipinski definition) is 10. The van der Waals surface area contributed by atoms with Crippen molar-refractivity contribution in [3.8, 4) is 0 Å². The number of alkyl halides is 3. The number of methoxy groups -OCH3 is 1. The van der Waals surface area contributed by atoms with Crippen LogP contribution in [0.5, 0.6) is 0 Å². The first kappa shape index (κ1) is 43.6. The number of likely N-dealkylation sites (tertiary alicyclic amines) is 1. The molecule has 11 nitrogen and oxygen atoms in total. The summed E-state index contributed by atoms with van der Waals surface area (Å²) in [6.45, 7) is 7.17. The molecule has 2 heterocycles. The highest BCUT2D eigenvalue weighted by Crippen LogP contribution is 2.34. The third-order valence-electron chi connectivity index (χ3n) is 9.73. The lowest BCUT2D eigenvalue weighted by Gasteiger charge is -2.36. The third kappa shape index (κ3) is 13.5. The van der Waals surface area contributed by atoms with Crippen LogP contribution < -0.4 is 5.32 Å². The van der Waals surface area contributed by atoms with E-state index >= 15 is 0 Å². The number of benzene rings is 1. The van der Waals surface area contributed by atoms with E-state index < -0.39 is 78.8 Å².